The minimum absolute atomic E-state index is 0.0705. The number of benzene rings is 1. The predicted molar refractivity (Wildman–Crippen MR) is 101 cm³/mol. The van der Waals surface area contributed by atoms with Gasteiger partial charge in [0.15, 0.2) is 0 Å². The molecule has 22 heavy (non-hydrogen) atoms. The van der Waals surface area contributed by atoms with Crippen molar-refractivity contribution in [2.45, 2.75) is 90.9 Å². The highest BCUT2D eigenvalue weighted by Gasteiger charge is 2.36. The van der Waals surface area contributed by atoms with Gasteiger partial charge in [0.2, 0.25) is 0 Å². The normalized spacial score (nSPS) is 15.3. The highest BCUT2D eigenvalue weighted by molar-refractivity contribution is 7.53. The summed E-state index contributed by atoms with van der Waals surface area (Å²) in [5.41, 5.74) is 4.55. The molecule has 0 saturated heterocycles. The van der Waals surface area contributed by atoms with Gasteiger partial charge in [-0.3, -0.25) is 0 Å². The second kappa shape index (κ2) is 6.25. The van der Waals surface area contributed by atoms with Crippen molar-refractivity contribution in [3.8, 4) is 0 Å². The Bertz CT molecular complexity index is 515. The summed E-state index contributed by atoms with van der Waals surface area (Å²) in [5.74, 6) is 0. The Labute approximate surface area is 139 Å². The maximum Gasteiger partial charge on any atom is 0.0380 e. The van der Waals surface area contributed by atoms with Crippen molar-refractivity contribution < 1.29 is 4.89 Å². The van der Waals surface area contributed by atoms with Crippen molar-refractivity contribution in [1.29, 1.82) is 0 Å². The van der Waals surface area contributed by atoms with E-state index >= 15 is 0 Å². The Balaban J connectivity index is 3.55. The molecule has 0 amide bonds. The van der Waals surface area contributed by atoms with Crippen molar-refractivity contribution in [2.24, 2.45) is 0 Å². The van der Waals surface area contributed by atoms with Crippen LogP contribution in [0.4, 0.5) is 0 Å². The van der Waals surface area contributed by atoms with Crippen LogP contribution in [0.5, 0.6) is 0 Å². The van der Waals surface area contributed by atoms with Gasteiger partial charge in [0.25, 0.3) is 0 Å². The first-order chi connectivity index (χ1) is 9.69. The zero-order valence-corrected chi connectivity index (χ0v) is 17.1. The average molecular weight is 322 g/mol. The number of rotatable bonds is 3. The van der Waals surface area contributed by atoms with Gasteiger partial charge in [-0.05, 0) is 47.0 Å². The molecule has 0 aromatic heterocycles. The van der Waals surface area contributed by atoms with Crippen LogP contribution >= 0.6 is 8.15 Å². The van der Waals surface area contributed by atoms with Crippen LogP contribution in [0, 0.1) is 0 Å². The molecule has 1 nitrogen and oxygen atoms in total. The summed E-state index contributed by atoms with van der Waals surface area (Å²) in [6, 6.07) is 6.87. The van der Waals surface area contributed by atoms with Crippen molar-refractivity contribution in [1.82, 2.24) is 0 Å². The Morgan fingerprint density at radius 2 is 1.32 bits per heavy atom. The molecule has 1 atom stereocenters. The van der Waals surface area contributed by atoms with Gasteiger partial charge >= 0.3 is 0 Å². The fourth-order valence-electron chi connectivity index (χ4n) is 2.93. The zero-order chi connectivity index (χ0) is 17.5. The molecule has 0 aliphatic carbocycles. The highest BCUT2D eigenvalue weighted by atomic mass is 31.1. The fraction of sp³-hybridized carbons (Fsp3) is 0.700. The van der Waals surface area contributed by atoms with Gasteiger partial charge in [0.1, 0.15) is 0 Å². The van der Waals surface area contributed by atoms with Crippen LogP contribution in [0.3, 0.4) is 0 Å². The molecule has 1 aromatic rings. The van der Waals surface area contributed by atoms with Gasteiger partial charge in [-0.1, -0.05) is 73.6 Å². The molecule has 0 heterocycles. The largest absolute Gasteiger partial charge is 0.373 e. The minimum Gasteiger partial charge on any atom is -0.373 e. The molecular formula is C20H35OP. The molecule has 0 fully saturated rings. The van der Waals surface area contributed by atoms with Crippen LogP contribution in [0.15, 0.2) is 18.2 Å². The summed E-state index contributed by atoms with van der Waals surface area (Å²) < 4.78 is 0. The van der Waals surface area contributed by atoms with Crippen LogP contribution in [0.25, 0.3) is 0 Å². The van der Waals surface area contributed by atoms with E-state index in [-0.39, 0.29) is 16.0 Å². The third-order valence-corrected chi connectivity index (χ3v) is 6.78. The Morgan fingerprint density at radius 1 is 0.818 bits per heavy atom. The van der Waals surface area contributed by atoms with Gasteiger partial charge < -0.3 is 4.89 Å². The van der Waals surface area contributed by atoms with E-state index in [1.165, 1.54) is 16.7 Å². The van der Waals surface area contributed by atoms with Crippen LogP contribution in [-0.2, 0) is 16.0 Å². The van der Waals surface area contributed by atoms with Crippen LogP contribution in [0.1, 0.15) is 85.9 Å². The molecule has 126 valence electrons. The van der Waals surface area contributed by atoms with Crippen LogP contribution in [0.2, 0.25) is 0 Å². The molecule has 1 unspecified atom stereocenters. The van der Waals surface area contributed by atoms with E-state index < -0.39 is 8.15 Å². The van der Waals surface area contributed by atoms with Gasteiger partial charge in [-0.2, -0.15) is 0 Å². The fourth-order valence-corrected chi connectivity index (χ4v) is 4.67. The van der Waals surface area contributed by atoms with Crippen molar-refractivity contribution in [2.75, 3.05) is 0 Å². The zero-order valence-electron chi connectivity index (χ0n) is 16.2. The summed E-state index contributed by atoms with van der Waals surface area (Å²) >= 11 is 0. The SMILES string of the molecule is CC(C)P(O)C(C)(C)c1ccc(C(C)(C)C)cc1C(C)(C)C. The number of hydrogen-bond donors (Lipinski definition) is 1. The topological polar surface area (TPSA) is 20.2 Å². The molecule has 1 aromatic carbocycles. The first-order valence-corrected chi connectivity index (χ1v) is 9.69. The standard InChI is InChI=1S/C20H35OP/c1-14(2)22(21)20(9,10)16-12-11-15(18(3,4)5)13-17(16)19(6,7)8/h11-14,21H,1-10H3. The summed E-state index contributed by atoms with van der Waals surface area (Å²) in [6.45, 7) is 22.2. The lowest BCUT2D eigenvalue weighted by Gasteiger charge is -2.38. The minimum atomic E-state index is -1.06. The molecule has 0 spiro atoms. The molecule has 1 N–H and O–H groups in total. The van der Waals surface area contributed by atoms with E-state index in [9.17, 15) is 4.89 Å². The van der Waals surface area contributed by atoms with Gasteiger partial charge in [-0.25, -0.2) is 0 Å². The Morgan fingerprint density at radius 3 is 1.68 bits per heavy atom. The smallest absolute Gasteiger partial charge is 0.0380 e. The van der Waals surface area contributed by atoms with Crippen molar-refractivity contribution in [3.05, 3.63) is 34.9 Å². The second-order valence-electron chi connectivity index (χ2n) is 9.26. The Hall–Kier alpha value is -0.390. The average Bonchev–Trinajstić information content (AvgIpc) is 2.34. The Kier molecular flexibility index (Phi) is 5.58. The lowest BCUT2D eigenvalue weighted by Crippen LogP contribution is -2.26. The van der Waals surface area contributed by atoms with E-state index in [0.717, 1.165) is 0 Å². The van der Waals surface area contributed by atoms with Gasteiger partial charge in [0.05, 0.1) is 0 Å². The van der Waals surface area contributed by atoms with E-state index in [1.807, 2.05) is 0 Å². The monoisotopic (exact) mass is 322 g/mol. The van der Waals surface area contributed by atoms with Crippen LogP contribution in [-0.4, -0.2) is 10.6 Å². The molecular weight excluding hydrogens is 287 g/mol. The lowest BCUT2D eigenvalue weighted by atomic mass is 9.76. The highest BCUT2D eigenvalue weighted by Crippen LogP contribution is 2.57. The maximum atomic E-state index is 10.8. The third kappa shape index (κ3) is 4.12. The summed E-state index contributed by atoms with van der Waals surface area (Å²) in [6.07, 6.45) is 0. The molecule has 0 saturated carbocycles. The van der Waals surface area contributed by atoms with Crippen LogP contribution < -0.4 is 0 Å². The van der Waals surface area contributed by atoms with Crippen molar-refractivity contribution in [3.63, 3.8) is 0 Å². The van der Waals surface area contributed by atoms with E-state index in [4.69, 9.17) is 0 Å². The quantitative estimate of drug-likeness (QED) is 0.646. The third-order valence-electron chi connectivity index (χ3n) is 4.41. The first-order valence-electron chi connectivity index (χ1n) is 8.32. The summed E-state index contributed by atoms with van der Waals surface area (Å²) in [7, 11) is -1.06. The van der Waals surface area contributed by atoms with Crippen molar-refractivity contribution >= 4 is 8.15 Å². The molecule has 0 bridgehead atoms. The lowest BCUT2D eigenvalue weighted by molar-refractivity contribution is 0.531. The van der Waals surface area contributed by atoms with Gasteiger partial charge in [-0.15, -0.1) is 0 Å². The molecule has 0 aliphatic rings. The predicted octanol–water partition coefficient (Wildman–Crippen LogP) is 6.31. The molecule has 0 radical (unpaired) electrons. The molecule has 2 heteroatoms. The summed E-state index contributed by atoms with van der Waals surface area (Å²) in [4.78, 5) is 10.8. The molecule has 1 rings (SSSR count). The van der Waals surface area contributed by atoms with E-state index in [1.54, 1.807) is 0 Å². The second-order valence-corrected chi connectivity index (χ2v) is 12.1. The maximum absolute atomic E-state index is 10.8. The number of hydrogen-bond acceptors (Lipinski definition) is 1. The molecule has 0 aliphatic heterocycles. The first kappa shape index (κ1) is 19.7. The van der Waals surface area contributed by atoms with Gasteiger partial charge in [0, 0.05) is 13.3 Å². The van der Waals surface area contributed by atoms with E-state index in [0.29, 0.717) is 5.66 Å². The van der Waals surface area contributed by atoms with E-state index in [2.05, 4.69) is 87.4 Å². The summed E-state index contributed by atoms with van der Waals surface area (Å²) in [5, 5.41) is -0.192.